The van der Waals surface area contributed by atoms with Crippen LogP contribution in [0.4, 0.5) is 0 Å². The smallest absolute Gasteiger partial charge is 0.00918 e. The minimum absolute atomic E-state index is 0.889. The molecule has 2 rings (SSSR count). The highest BCUT2D eigenvalue weighted by atomic mass is 32.1. The van der Waals surface area contributed by atoms with Crippen LogP contribution in [0.15, 0.2) is 60.0 Å². The SMILES string of the molecule is C=C(Cc1ccc(C)s1)/C(=C\S)c1ccccc1. The van der Waals surface area contributed by atoms with Crippen LogP contribution in [-0.2, 0) is 6.42 Å². The van der Waals surface area contributed by atoms with Crippen molar-refractivity contribution >= 4 is 29.5 Å². The standard InChI is InChI=1S/C16H16S2/c1-12(10-15-9-8-13(2)18-15)16(11-17)14-6-4-3-5-7-14/h3-9,11,17H,1,10H2,2H3/b16-11+. The minimum atomic E-state index is 0.889. The van der Waals surface area contributed by atoms with Gasteiger partial charge >= 0.3 is 0 Å². The molecule has 0 saturated carbocycles. The second-order valence-corrected chi connectivity index (χ2v) is 5.83. The molecule has 1 aromatic carbocycles. The van der Waals surface area contributed by atoms with Crippen molar-refractivity contribution in [2.45, 2.75) is 13.3 Å². The summed E-state index contributed by atoms with van der Waals surface area (Å²) in [5.41, 5.74) is 3.40. The predicted octanol–water partition coefficient (Wildman–Crippen LogP) is 5.13. The third-order valence-electron chi connectivity index (χ3n) is 2.78. The van der Waals surface area contributed by atoms with Gasteiger partial charge in [-0.25, -0.2) is 0 Å². The van der Waals surface area contributed by atoms with Crippen molar-refractivity contribution in [1.82, 2.24) is 0 Å². The molecule has 0 nitrogen and oxygen atoms in total. The van der Waals surface area contributed by atoms with Crippen LogP contribution in [0.25, 0.3) is 5.57 Å². The van der Waals surface area contributed by atoms with Gasteiger partial charge in [0.05, 0.1) is 0 Å². The fraction of sp³-hybridized carbons (Fsp3) is 0.125. The number of aryl methyl sites for hydroxylation is 1. The molecule has 0 spiro atoms. The van der Waals surface area contributed by atoms with Gasteiger partial charge in [-0.15, -0.1) is 11.3 Å². The number of thiol groups is 1. The molecule has 0 aliphatic heterocycles. The van der Waals surface area contributed by atoms with Crippen LogP contribution in [0.3, 0.4) is 0 Å². The number of benzene rings is 1. The normalized spacial score (nSPS) is 11.6. The first kappa shape index (κ1) is 13.2. The second kappa shape index (κ2) is 6.07. The van der Waals surface area contributed by atoms with Gasteiger partial charge in [0.2, 0.25) is 0 Å². The maximum atomic E-state index is 4.32. The molecule has 0 saturated heterocycles. The molecule has 0 fully saturated rings. The average Bonchev–Trinajstić information content (AvgIpc) is 2.77. The van der Waals surface area contributed by atoms with Crippen LogP contribution >= 0.6 is 24.0 Å². The molecule has 18 heavy (non-hydrogen) atoms. The van der Waals surface area contributed by atoms with E-state index >= 15 is 0 Å². The molecule has 0 amide bonds. The van der Waals surface area contributed by atoms with E-state index in [2.05, 4.69) is 50.4 Å². The van der Waals surface area contributed by atoms with E-state index in [9.17, 15) is 0 Å². The molecule has 1 heterocycles. The summed E-state index contributed by atoms with van der Waals surface area (Å²) in [6.45, 7) is 6.32. The first-order valence-electron chi connectivity index (χ1n) is 5.84. The number of hydrogen-bond donors (Lipinski definition) is 1. The third-order valence-corrected chi connectivity index (χ3v) is 4.04. The van der Waals surface area contributed by atoms with E-state index in [-0.39, 0.29) is 0 Å². The monoisotopic (exact) mass is 272 g/mol. The van der Waals surface area contributed by atoms with Crippen LogP contribution in [0.1, 0.15) is 15.3 Å². The van der Waals surface area contributed by atoms with E-state index in [1.54, 1.807) is 0 Å². The van der Waals surface area contributed by atoms with Crippen molar-refractivity contribution in [2.24, 2.45) is 0 Å². The van der Waals surface area contributed by atoms with Crippen molar-refractivity contribution in [1.29, 1.82) is 0 Å². The van der Waals surface area contributed by atoms with Crippen molar-refractivity contribution in [3.8, 4) is 0 Å². The Hall–Kier alpha value is -1.25. The summed E-state index contributed by atoms with van der Waals surface area (Å²) in [5, 5.41) is 1.85. The molecule has 92 valence electrons. The van der Waals surface area contributed by atoms with E-state index in [1.165, 1.54) is 15.3 Å². The number of hydrogen-bond acceptors (Lipinski definition) is 2. The summed E-state index contributed by atoms with van der Waals surface area (Å²) in [6, 6.07) is 14.6. The highest BCUT2D eigenvalue weighted by Crippen LogP contribution is 2.27. The summed E-state index contributed by atoms with van der Waals surface area (Å²) in [5.74, 6) is 0. The average molecular weight is 272 g/mol. The Balaban J connectivity index is 2.17. The van der Waals surface area contributed by atoms with Crippen molar-refractivity contribution in [3.05, 3.63) is 75.3 Å². The van der Waals surface area contributed by atoms with Gasteiger partial charge in [-0.1, -0.05) is 36.9 Å². The lowest BCUT2D eigenvalue weighted by atomic mass is 9.98. The van der Waals surface area contributed by atoms with Crippen molar-refractivity contribution < 1.29 is 0 Å². The molecule has 0 bridgehead atoms. The van der Waals surface area contributed by atoms with Gasteiger partial charge in [-0.2, -0.15) is 12.6 Å². The first-order chi connectivity index (χ1) is 8.70. The van der Waals surface area contributed by atoms with E-state index in [1.807, 2.05) is 34.9 Å². The predicted molar refractivity (Wildman–Crippen MR) is 85.3 cm³/mol. The lowest BCUT2D eigenvalue weighted by Gasteiger charge is -2.09. The van der Waals surface area contributed by atoms with Crippen molar-refractivity contribution in [2.75, 3.05) is 0 Å². The maximum Gasteiger partial charge on any atom is 0.00918 e. The van der Waals surface area contributed by atoms with Crippen LogP contribution in [0.2, 0.25) is 0 Å². The largest absolute Gasteiger partial charge is 0.151 e. The van der Waals surface area contributed by atoms with Gasteiger partial charge in [-0.05, 0) is 41.2 Å². The van der Waals surface area contributed by atoms with Crippen LogP contribution in [-0.4, -0.2) is 0 Å². The van der Waals surface area contributed by atoms with Gasteiger partial charge in [-0.3, -0.25) is 0 Å². The van der Waals surface area contributed by atoms with Gasteiger partial charge in [0, 0.05) is 16.2 Å². The Morgan fingerprint density at radius 3 is 2.50 bits per heavy atom. The van der Waals surface area contributed by atoms with E-state index in [0.29, 0.717) is 0 Å². The maximum absolute atomic E-state index is 4.32. The molecule has 0 aliphatic rings. The van der Waals surface area contributed by atoms with Crippen LogP contribution < -0.4 is 0 Å². The molecule has 0 unspecified atom stereocenters. The molecule has 0 N–H and O–H groups in total. The minimum Gasteiger partial charge on any atom is -0.151 e. The summed E-state index contributed by atoms with van der Waals surface area (Å²) < 4.78 is 0. The summed E-state index contributed by atoms with van der Waals surface area (Å²) in [6.07, 6.45) is 0.889. The van der Waals surface area contributed by atoms with Gasteiger partial charge < -0.3 is 0 Å². The summed E-state index contributed by atoms with van der Waals surface area (Å²) in [4.78, 5) is 2.69. The molecule has 0 atom stereocenters. The topological polar surface area (TPSA) is 0 Å². The zero-order chi connectivity index (χ0) is 13.0. The Morgan fingerprint density at radius 2 is 1.94 bits per heavy atom. The van der Waals surface area contributed by atoms with Crippen LogP contribution in [0.5, 0.6) is 0 Å². The highest BCUT2D eigenvalue weighted by molar-refractivity contribution is 7.83. The Morgan fingerprint density at radius 1 is 1.22 bits per heavy atom. The van der Waals surface area contributed by atoms with E-state index in [0.717, 1.165) is 17.6 Å². The lowest BCUT2D eigenvalue weighted by molar-refractivity contribution is 1.27. The molecular weight excluding hydrogens is 256 g/mol. The lowest BCUT2D eigenvalue weighted by Crippen LogP contribution is -1.91. The van der Waals surface area contributed by atoms with Gasteiger partial charge in [0.1, 0.15) is 0 Å². The molecular formula is C16H16S2. The Labute approximate surface area is 118 Å². The van der Waals surface area contributed by atoms with E-state index in [4.69, 9.17) is 0 Å². The second-order valence-electron chi connectivity index (χ2n) is 4.20. The zero-order valence-electron chi connectivity index (χ0n) is 10.4. The molecule has 2 heteroatoms. The first-order valence-corrected chi connectivity index (χ1v) is 7.17. The molecule has 0 radical (unpaired) electrons. The molecule has 2 aromatic rings. The fourth-order valence-corrected chi connectivity index (χ4v) is 3.14. The number of rotatable bonds is 4. The number of allylic oxidation sites excluding steroid dienone is 2. The summed E-state index contributed by atoms with van der Waals surface area (Å²) in [7, 11) is 0. The van der Waals surface area contributed by atoms with Crippen molar-refractivity contribution in [3.63, 3.8) is 0 Å². The fourth-order valence-electron chi connectivity index (χ4n) is 1.87. The Kier molecular flexibility index (Phi) is 4.45. The third kappa shape index (κ3) is 3.15. The summed E-state index contributed by atoms with van der Waals surface area (Å²) >= 11 is 6.14. The van der Waals surface area contributed by atoms with E-state index < -0.39 is 0 Å². The molecule has 1 aromatic heterocycles. The number of thiophene rings is 1. The Bertz CT molecular complexity index is 562. The zero-order valence-corrected chi connectivity index (χ0v) is 12.1. The van der Waals surface area contributed by atoms with Crippen LogP contribution in [0, 0.1) is 6.92 Å². The highest BCUT2D eigenvalue weighted by Gasteiger charge is 2.07. The quantitative estimate of drug-likeness (QED) is 0.579. The van der Waals surface area contributed by atoms with Gasteiger partial charge in [0.15, 0.2) is 0 Å². The van der Waals surface area contributed by atoms with Gasteiger partial charge in [0.25, 0.3) is 0 Å². The molecule has 0 aliphatic carbocycles.